The first-order chi connectivity index (χ1) is 12.3. The molecule has 1 aromatic heterocycles. The van der Waals surface area contributed by atoms with Crippen LogP contribution in [-0.2, 0) is 0 Å². The van der Waals surface area contributed by atoms with Crippen LogP contribution >= 0.6 is 0 Å². The van der Waals surface area contributed by atoms with Crippen molar-refractivity contribution in [3.8, 4) is 22.9 Å². The summed E-state index contributed by atoms with van der Waals surface area (Å²) in [5, 5.41) is 14.7. The van der Waals surface area contributed by atoms with Gasteiger partial charge in [0.05, 0.1) is 11.6 Å². The summed E-state index contributed by atoms with van der Waals surface area (Å²) >= 11 is 0. The molecule has 4 rings (SSSR count). The molecule has 4 heteroatoms. The fourth-order valence-corrected chi connectivity index (χ4v) is 3.29. The fraction of sp³-hybridized carbons (Fsp3) is 0.238. The first kappa shape index (κ1) is 15.6. The Kier molecular flexibility index (Phi) is 4.32. The van der Waals surface area contributed by atoms with Gasteiger partial charge in [0.1, 0.15) is 11.9 Å². The van der Waals surface area contributed by atoms with Gasteiger partial charge in [-0.15, -0.1) is 0 Å². The summed E-state index contributed by atoms with van der Waals surface area (Å²) in [7, 11) is 0. The van der Waals surface area contributed by atoms with Crippen molar-refractivity contribution < 1.29 is 4.74 Å². The van der Waals surface area contributed by atoms with Crippen molar-refractivity contribution in [3.63, 3.8) is 0 Å². The van der Waals surface area contributed by atoms with Crippen molar-refractivity contribution in [2.24, 2.45) is 0 Å². The zero-order chi connectivity index (χ0) is 17.1. The third-order valence-corrected chi connectivity index (χ3v) is 4.62. The van der Waals surface area contributed by atoms with Crippen molar-refractivity contribution in [3.05, 3.63) is 60.4 Å². The number of aromatic nitrogens is 1. The second-order valence-corrected chi connectivity index (χ2v) is 6.33. The normalized spacial score (nSPS) is 15.0. The van der Waals surface area contributed by atoms with E-state index in [1.165, 1.54) is 0 Å². The van der Waals surface area contributed by atoms with Crippen molar-refractivity contribution in [2.45, 2.75) is 18.9 Å². The van der Waals surface area contributed by atoms with E-state index >= 15 is 0 Å². The first-order valence-corrected chi connectivity index (χ1v) is 8.59. The standard InChI is InChI=1S/C21H19N3O/c22-13-15-2-1-3-16(10-15)18-11-17-4-7-24-14-20(17)21(12-18)25-19-5-8-23-9-6-19/h1-4,7,10-12,14,19,23H,5-6,8-9H2. The zero-order valence-electron chi connectivity index (χ0n) is 13.9. The maximum atomic E-state index is 9.16. The third kappa shape index (κ3) is 3.33. The van der Waals surface area contributed by atoms with E-state index in [2.05, 4.69) is 28.5 Å². The minimum absolute atomic E-state index is 0.227. The molecule has 1 N–H and O–H groups in total. The lowest BCUT2D eigenvalue weighted by atomic mass is 10.00. The molecule has 0 aliphatic carbocycles. The molecule has 124 valence electrons. The second kappa shape index (κ2) is 6.92. The molecule has 0 amide bonds. The van der Waals surface area contributed by atoms with Crippen LogP contribution in [0.5, 0.6) is 5.75 Å². The molecule has 3 aromatic rings. The largest absolute Gasteiger partial charge is 0.490 e. The molecular weight excluding hydrogens is 310 g/mol. The third-order valence-electron chi connectivity index (χ3n) is 4.62. The van der Waals surface area contributed by atoms with Gasteiger partial charge in [0.2, 0.25) is 0 Å². The van der Waals surface area contributed by atoms with Gasteiger partial charge in [0, 0.05) is 17.8 Å². The van der Waals surface area contributed by atoms with Gasteiger partial charge in [-0.1, -0.05) is 12.1 Å². The van der Waals surface area contributed by atoms with Gasteiger partial charge in [-0.3, -0.25) is 4.98 Å². The average molecular weight is 329 g/mol. The number of nitrogens with one attached hydrogen (secondary N) is 1. The summed E-state index contributed by atoms with van der Waals surface area (Å²) in [5.41, 5.74) is 2.74. The predicted octanol–water partition coefficient (Wildman–Crippen LogP) is 3.90. The van der Waals surface area contributed by atoms with E-state index in [1.807, 2.05) is 36.5 Å². The SMILES string of the molecule is N#Cc1cccc(-c2cc(OC3CCNCC3)c3cnccc3c2)c1. The molecule has 1 aliphatic rings. The second-order valence-electron chi connectivity index (χ2n) is 6.33. The number of fused-ring (bicyclic) bond motifs is 1. The van der Waals surface area contributed by atoms with Crippen LogP contribution < -0.4 is 10.1 Å². The Hall–Kier alpha value is -2.90. The summed E-state index contributed by atoms with van der Waals surface area (Å²) < 4.78 is 6.34. The molecule has 1 aliphatic heterocycles. The molecule has 0 radical (unpaired) electrons. The van der Waals surface area contributed by atoms with Crippen LogP contribution in [0, 0.1) is 11.3 Å². The topological polar surface area (TPSA) is 57.9 Å². The number of hydrogen-bond acceptors (Lipinski definition) is 4. The Morgan fingerprint density at radius 1 is 1.08 bits per heavy atom. The number of piperidine rings is 1. The number of hydrogen-bond donors (Lipinski definition) is 1. The quantitative estimate of drug-likeness (QED) is 0.791. The van der Waals surface area contributed by atoms with Gasteiger partial charge in [-0.2, -0.15) is 5.26 Å². The van der Waals surface area contributed by atoms with E-state index in [9.17, 15) is 0 Å². The molecular formula is C21H19N3O. The fourth-order valence-electron chi connectivity index (χ4n) is 3.29. The monoisotopic (exact) mass is 329 g/mol. The summed E-state index contributed by atoms with van der Waals surface area (Å²) in [6, 6.07) is 16.1. The number of benzene rings is 2. The maximum absolute atomic E-state index is 9.16. The van der Waals surface area contributed by atoms with Crippen LogP contribution in [0.2, 0.25) is 0 Å². The van der Waals surface area contributed by atoms with Gasteiger partial charge >= 0.3 is 0 Å². The molecule has 0 bridgehead atoms. The smallest absolute Gasteiger partial charge is 0.129 e. The molecule has 1 fully saturated rings. The Labute approximate surface area is 147 Å². The van der Waals surface area contributed by atoms with Crippen LogP contribution in [-0.4, -0.2) is 24.2 Å². The van der Waals surface area contributed by atoms with E-state index in [4.69, 9.17) is 10.00 Å². The van der Waals surface area contributed by atoms with E-state index in [0.29, 0.717) is 5.56 Å². The first-order valence-electron chi connectivity index (χ1n) is 8.59. The van der Waals surface area contributed by atoms with Crippen molar-refractivity contribution in [1.82, 2.24) is 10.3 Å². The van der Waals surface area contributed by atoms with E-state index in [1.54, 1.807) is 6.20 Å². The Bertz CT molecular complexity index is 939. The molecule has 0 atom stereocenters. The van der Waals surface area contributed by atoms with Crippen molar-refractivity contribution in [2.75, 3.05) is 13.1 Å². The van der Waals surface area contributed by atoms with Crippen LogP contribution in [0.4, 0.5) is 0 Å². The van der Waals surface area contributed by atoms with Gasteiger partial charge in [-0.05, 0) is 72.8 Å². The maximum Gasteiger partial charge on any atom is 0.129 e. The Balaban J connectivity index is 1.79. The van der Waals surface area contributed by atoms with Crippen molar-refractivity contribution in [1.29, 1.82) is 5.26 Å². The highest BCUT2D eigenvalue weighted by atomic mass is 16.5. The predicted molar refractivity (Wildman–Crippen MR) is 98.4 cm³/mol. The van der Waals surface area contributed by atoms with Crippen LogP contribution in [0.1, 0.15) is 18.4 Å². The van der Waals surface area contributed by atoms with Gasteiger partial charge < -0.3 is 10.1 Å². The molecule has 25 heavy (non-hydrogen) atoms. The minimum atomic E-state index is 0.227. The Morgan fingerprint density at radius 2 is 1.96 bits per heavy atom. The highest BCUT2D eigenvalue weighted by molar-refractivity contribution is 5.92. The molecule has 0 saturated carbocycles. The molecule has 1 saturated heterocycles. The minimum Gasteiger partial charge on any atom is -0.490 e. The summed E-state index contributed by atoms with van der Waals surface area (Å²) in [5.74, 6) is 0.870. The van der Waals surface area contributed by atoms with Crippen LogP contribution in [0.15, 0.2) is 54.9 Å². The molecule has 0 spiro atoms. The highest BCUT2D eigenvalue weighted by Gasteiger charge is 2.16. The Morgan fingerprint density at radius 3 is 2.80 bits per heavy atom. The lowest BCUT2D eigenvalue weighted by Gasteiger charge is -2.25. The van der Waals surface area contributed by atoms with E-state index in [-0.39, 0.29) is 6.10 Å². The summed E-state index contributed by atoms with van der Waals surface area (Å²) in [6.07, 6.45) is 5.91. The molecule has 0 unspecified atom stereocenters. The lowest BCUT2D eigenvalue weighted by molar-refractivity contribution is 0.164. The number of nitriles is 1. The van der Waals surface area contributed by atoms with Gasteiger partial charge in [0.15, 0.2) is 0 Å². The van der Waals surface area contributed by atoms with Gasteiger partial charge in [0.25, 0.3) is 0 Å². The number of ether oxygens (including phenoxy) is 1. The average Bonchev–Trinajstić information content (AvgIpc) is 2.69. The number of nitrogens with zero attached hydrogens (tertiary/aromatic N) is 2. The molecule has 2 heterocycles. The van der Waals surface area contributed by atoms with Gasteiger partial charge in [-0.25, -0.2) is 0 Å². The highest BCUT2D eigenvalue weighted by Crippen LogP contribution is 2.33. The summed E-state index contributed by atoms with van der Waals surface area (Å²) in [4.78, 5) is 4.26. The zero-order valence-corrected chi connectivity index (χ0v) is 13.9. The number of rotatable bonds is 3. The van der Waals surface area contributed by atoms with E-state index in [0.717, 1.165) is 53.6 Å². The summed E-state index contributed by atoms with van der Waals surface area (Å²) in [6.45, 7) is 1.98. The van der Waals surface area contributed by atoms with Crippen molar-refractivity contribution >= 4 is 10.8 Å². The number of pyridine rings is 1. The van der Waals surface area contributed by atoms with E-state index < -0.39 is 0 Å². The lowest BCUT2D eigenvalue weighted by Crippen LogP contribution is -2.34. The van der Waals surface area contributed by atoms with Crippen LogP contribution in [0.25, 0.3) is 21.9 Å². The molecule has 2 aromatic carbocycles. The molecule has 4 nitrogen and oxygen atoms in total. The van der Waals surface area contributed by atoms with Crippen LogP contribution in [0.3, 0.4) is 0 Å².